The highest BCUT2D eigenvalue weighted by molar-refractivity contribution is 7.90. The number of anilines is 1. The molecule has 1 amide bonds. The number of carbonyl (C=O) groups excluding carboxylic acids is 1. The molecular weight excluding hydrogens is 569 g/mol. The second-order valence-corrected chi connectivity index (χ2v) is 11.7. The minimum Gasteiger partial charge on any atom is -0.406 e. The number of ether oxygens (including phenoxy) is 2. The normalized spacial score (nSPS) is 11.6. The molecule has 1 N–H and O–H groups in total. The van der Waals surface area contributed by atoms with Gasteiger partial charge in [-0.2, -0.15) is 5.26 Å². The quantitative estimate of drug-likeness (QED) is 0.285. The number of nitriles is 1. The van der Waals surface area contributed by atoms with Gasteiger partial charge in [0.05, 0.1) is 17.4 Å². The summed E-state index contributed by atoms with van der Waals surface area (Å²) in [7, 11) is -2.44. The fourth-order valence-electron chi connectivity index (χ4n) is 3.63. The number of thiazole rings is 1. The van der Waals surface area contributed by atoms with E-state index in [4.69, 9.17) is 10.00 Å². The van der Waals surface area contributed by atoms with Crippen LogP contribution in [0.15, 0.2) is 48.5 Å². The highest BCUT2D eigenvalue weighted by Gasteiger charge is 2.31. The van der Waals surface area contributed by atoms with E-state index >= 15 is 0 Å². The lowest BCUT2D eigenvalue weighted by Gasteiger charge is -2.22. The van der Waals surface area contributed by atoms with Gasteiger partial charge in [0.2, 0.25) is 10.0 Å². The Hall–Kier alpha value is -3.67. The molecule has 0 radical (unpaired) electrons. The molecule has 0 bridgehead atoms. The Morgan fingerprint density at radius 3 is 2.38 bits per heavy atom. The number of sulfonamides is 1. The van der Waals surface area contributed by atoms with Crippen molar-refractivity contribution in [1.82, 2.24) is 9.71 Å². The van der Waals surface area contributed by atoms with E-state index in [0.717, 1.165) is 5.56 Å². The number of alkyl halides is 3. The number of carbonyl (C=O) groups is 1. The first-order valence-electron chi connectivity index (χ1n) is 12.0. The van der Waals surface area contributed by atoms with E-state index in [-0.39, 0.29) is 36.8 Å². The summed E-state index contributed by atoms with van der Waals surface area (Å²) in [4.78, 5) is 19.5. The number of rotatable bonds is 13. The van der Waals surface area contributed by atoms with Crippen molar-refractivity contribution in [2.45, 2.75) is 32.7 Å². The Morgan fingerprint density at radius 1 is 1.12 bits per heavy atom. The third-order valence-corrected chi connectivity index (χ3v) is 7.92. The molecule has 0 saturated heterocycles. The number of amides is 1. The van der Waals surface area contributed by atoms with Crippen molar-refractivity contribution in [3.05, 3.63) is 75.8 Å². The maximum absolute atomic E-state index is 12.8. The van der Waals surface area contributed by atoms with Crippen LogP contribution in [0.5, 0.6) is 5.75 Å². The zero-order valence-electron chi connectivity index (χ0n) is 21.7. The number of hydrogen-bond donors (Lipinski definition) is 1. The molecular formula is C26H27F3N4O5S2. The van der Waals surface area contributed by atoms with Crippen molar-refractivity contribution in [2.75, 3.05) is 30.9 Å². The fraction of sp³-hybridized carbons (Fsp3) is 0.346. The molecule has 3 aromatic rings. The van der Waals surface area contributed by atoms with Gasteiger partial charge in [-0.15, -0.1) is 24.5 Å². The summed E-state index contributed by atoms with van der Waals surface area (Å²) in [6, 6.07) is 14.5. The summed E-state index contributed by atoms with van der Waals surface area (Å²) in [6.07, 6.45) is -4.05. The summed E-state index contributed by atoms with van der Waals surface area (Å²) < 4.78 is 73.0. The number of hydrogen-bond acceptors (Lipinski definition) is 9. The molecule has 3 rings (SSSR count). The van der Waals surface area contributed by atoms with E-state index in [1.165, 1.54) is 42.7 Å². The van der Waals surface area contributed by atoms with Gasteiger partial charge in [0.1, 0.15) is 11.4 Å². The van der Waals surface area contributed by atoms with Crippen LogP contribution >= 0.6 is 11.3 Å². The predicted molar refractivity (Wildman–Crippen MR) is 144 cm³/mol. The van der Waals surface area contributed by atoms with Crippen molar-refractivity contribution >= 4 is 32.4 Å². The van der Waals surface area contributed by atoms with Crippen molar-refractivity contribution in [1.29, 1.82) is 5.26 Å². The van der Waals surface area contributed by atoms with Crippen LogP contribution < -0.4 is 14.4 Å². The number of nitrogens with one attached hydrogen (secondary N) is 1. The first-order chi connectivity index (χ1) is 18.9. The molecule has 1 heterocycles. The molecule has 2 aromatic carbocycles. The monoisotopic (exact) mass is 596 g/mol. The van der Waals surface area contributed by atoms with E-state index < -0.39 is 22.3 Å². The fourth-order valence-corrected chi connectivity index (χ4v) is 5.54. The molecule has 0 saturated carbocycles. The molecule has 0 atom stereocenters. The lowest BCUT2D eigenvalue weighted by Crippen LogP contribution is -2.33. The molecule has 214 valence electrons. The second kappa shape index (κ2) is 13.6. The van der Waals surface area contributed by atoms with Gasteiger partial charge in [0.25, 0.3) is 5.91 Å². The van der Waals surface area contributed by atoms with Gasteiger partial charge in [-0.3, -0.25) is 4.79 Å². The Morgan fingerprint density at radius 2 is 1.77 bits per heavy atom. The summed E-state index contributed by atoms with van der Waals surface area (Å²) in [5.41, 5.74) is 2.08. The third kappa shape index (κ3) is 9.51. The minimum atomic E-state index is -4.80. The van der Waals surface area contributed by atoms with E-state index in [9.17, 15) is 26.4 Å². The van der Waals surface area contributed by atoms with Crippen LogP contribution in [0.4, 0.5) is 18.3 Å². The summed E-state index contributed by atoms with van der Waals surface area (Å²) in [5, 5.41) is 9.46. The van der Waals surface area contributed by atoms with E-state index in [2.05, 4.69) is 15.8 Å². The summed E-state index contributed by atoms with van der Waals surface area (Å²) >= 11 is 1.19. The number of benzene rings is 2. The minimum absolute atomic E-state index is 0.0346. The van der Waals surface area contributed by atoms with Crippen LogP contribution in [0.2, 0.25) is 0 Å². The predicted octanol–water partition coefficient (Wildman–Crippen LogP) is 4.57. The molecule has 0 aliphatic carbocycles. The van der Waals surface area contributed by atoms with Crippen molar-refractivity contribution in [3.63, 3.8) is 0 Å². The molecule has 14 heteroatoms. The Labute approximate surface area is 234 Å². The van der Waals surface area contributed by atoms with Crippen LogP contribution in [-0.2, 0) is 27.7 Å². The maximum Gasteiger partial charge on any atom is 0.573 e. The van der Waals surface area contributed by atoms with E-state index in [1.807, 2.05) is 21.8 Å². The topological polar surface area (TPSA) is 122 Å². The SMILES string of the molecule is COCCCS(=O)(=O)NC(=O)c1nc(N(CCc2ccc(C#N)cc2)Cc2ccc(OC(F)(F)F)cc2)sc1C. The van der Waals surface area contributed by atoms with Crippen LogP contribution in [0.3, 0.4) is 0 Å². The van der Waals surface area contributed by atoms with Crippen molar-refractivity contribution < 1.29 is 35.9 Å². The molecule has 40 heavy (non-hydrogen) atoms. The van der Waals surface area contributed by atoms with Gasteiger partial charge < -0.3 is 14.4 Å². The molecule has 1 aromatic heterocycles. The third-order valence-electron chi connectivity index (χ3n) is 5.56. The standard InChI is InChI=1S/C26H27F3N4O5S2/c1-18-23(24(34)32-40(35,36)15-3-14-37-2)31-25(39-18)33(13-12-19-4-6-20(16-30)7-5-19)17-21-8-10-22(11-9-21)38-26(27,28)29/h4-11H,3,12-15,17H2,1-2H3,(H,32,34). The van der Waals surface area contributed by atoms with Crippen LogP contribution in [0.25, 0.3) is 0 Å². The average Bonchev–Trinajstić information content (AvgIpc) is 3.28. The second-order valence-electron chi connectivity index (χ2n) is 8.67. The smallest absolute Gasteiger partial charge is 0.406 e. The Bertz CT molecular complexity index is 1430. The van der Waals surface area contributed by atoms with Crippen LogP contribution in [0.1, 0.15) is 38.5 Å². The molecule has 0 aliphatic heterocycles. The zero-order valence-corrected chi connectivity index (χ0v) is 23.3. The van der Waals surface area contributed by atoms with Gasteiger partial charge in [-0.05, 0) is 55.2 Å². The first-order valence-corrected chi connectivity index (χ1v) is 14.5. The van der Waals surface area contributed by atoms with Crippen LogP contribution in [0, 0.1) is 18.3 Å². The van der Waals surface area contributed by atoms with Crippen molar-refractivity contribution in [2.24, 2.45) is 0 Å². The largest absolute Gasteiger partial charge is 0.573 e. The van der Waals surface area contributed by atoms with E-state index in [0.29, 0.717) is 34.1 Å². The van der Waals surface area contributed by atoms with Crippen molar-refractivity contribution in [3.8, 4) is 11.8 Å². The summed E-state index contributed by atoms with van der Waals surface area (Å²) in [5.74, 6) is -1.48. The summed E-state index contributed by atoms with van der Waals surface area (Å²) in [6.45, 7) is 2.53. The van der Waals surface area contributed by atoms with Gasteiger partial charge in [-0.1, -0.05) is 24.3 Å². The molecule has 0 unspecified atom stereocenters. The molecule has 0 aliphatic rings. The highest BCUT2D eigenvalue weighted by atomic mass is 32.2. The number of halogens is 3. The lowest BCUT2D eigenvalue weighted by molar-refractivity contribution is -0.274. The van der Waals surface area contributed by atoms with E-state index in [1.54, 1.807) is 19.1 Å². The Balaban J connectivity index is 1.82. The van der Waals surface area contributed by atoms with Gasteiger partial charge in [0, 0.05) is 31.7 Å². The highest BCUT2D eigenvalue weighted by Crippen LogP contribution is 2.29. The zero-order chi connectivity index (χ0) is 29.3. The number of aryl methyl sites for hydroxylation is 1. The molecule has 0 fully saturated rings. The molecule has 0 spiro atoms. The molecule has 9 nitrogen and oxygen atoms in total. The first kappa shape index (κ1) is 30.9. The van der Waals surface area contributed by atoms with Gasteiger partial charge >= 0.3 is 6.36 Å². The van der Waals surface area contributed by atoms with Gasteiger partial charge in [0.15, 0.2) is 5.13 Å². The Kier molecular flexibility index (Phi) is 10.5. The number of methoxy groups -OCH3 is 1. The van der Waals surface area contributed by atoms with Gasteiger partial charge in [-0.25, -0.2) is 18.1 Å². The average molecular weight is 597 g/mol. The van der Waals surface area contributed by atoms with Crippen LogP contribution in [-0.4, -0.2) is 51.7 Å². The number of nitrogens with zero attached hydrogens (tertiary/aromatic N) is 3. The number of aromatic nitrogens is 1. The maximum atomic E-state index is 12.8. The lowest BCUT2D eigenvalue weighted by atomic mass is 10.1.